The van der Waals surface area contributed by atoms with Crippen molar-refractivity contribution in [1.82, 2.24) is 30.5 Å². The minimum absolute atomic E-state index is 0.120. The number of rotatable bonds is 11. The van der Waals surface area contributed by atoms with Gasteiger partial charge in [0.25, 0.3) is 5.91 Å². The smallest absolute Gasteiger partial charge is 0.273 e. The molecule has 1 saturated heterocycles. The highest BCUT2D eigenvalue weighted by Gasteiger charge is 2.13. The zero-order valence-corrected chi connectivity index (χ0v) is 20.0. The van der Waals surface area contributed by atoms with E-state index in [2.05, 4.69) is 42.9 Å². The van der Waals surface area contributed by atoms with Gasteiger partial charge in [-0.2, -0.15) is 10.2 Å². The molecule has 0 spiro atoms. The Morgan fingerprint density at radius 1 is 1.00 bits per heavy atom. The Kier molecular flexibility index (Phi) is 8.50. The lowest BCUT2D eigenvalue weighted by Gasteiger charge is -2.29. The van der Waals surface area contributed by atoms with Gasteiger partial charge >= 0.3 is 0 Å². The van der Waals surface area contributed by atoms with Crippen molar-refractivity contribution in [1.29, 1.82) is 0 Å². The van der Waals surface area contributed by atoms with Crippen LogP contribution in [0.1, 0.15) is 40.3 Å². The Hall–Kier alpha value is -3.66. The molecule has 1 aromatic carbocycles. The van der Waals surface area contributed by atoms with E-state index in [1.54, 1.807) is 17.9 Å². The number of aryl methyl sites for hydroxylation is 2. The maximum Gasteiger partial charge on any atom is 0.273 e. The van der Waals surface area contributed by atoms with Gasteiger partial charge in [0, 0.05) is 38.8 Å². The van der Waals surface area contributed by atoms with Gasteiger partial charge in [-0.25, -0.2) is 0 Å². The minimum Gasteiger partial charge on any atom is -0.378 e. The van der Waals surface area contributed by atoms with Crippen LogP contribution >= 0.6 is 0 Å². The lowest BCUT2D eigenvalue weighted by atomic mass is 10.0. The Morgan fingerprint density at radius 2 is 1.80 bits per heavy atom. The van der Waals surface area contributed by atoms with Crippen molar-refractivity contribution in [3.63, 3.8) is 0 Å². The van der Waals surface area contributed by atoms with Crippen LogP contribution in [0.5, 0.6) is 0 Å². The molecular formula is C25H31N7O3. The molecule has 0 atom stereocenters. The summed E-state index contributed by atoms with van der Waals surface area (Å²) in [7, 11) is 1.56. The molecule has 0 radical (unpaired) electrons. The van der Waals surface area contributed by atoms with E-state index >= 15 is 0 Å². The molecule has 1 aliphatic heterocycles. The molecule has 184 valence electrons. The van der Waals surface area contributed by atoms with Crippen LogP contribution in [0.25, 0.3) is 0 Å². The maximum absolute atomic E-state index is 12.6. The second kappa shape index (κ2) is 12.2. The Bertz CT molecular complexity index is 1120. The number of ether oxygens (including phenoxy) is 1. The molecule has 0 bridgehead atoms. The van der Waals surface area contributed by atoms with Crippen molar-refractivity contribution >= 4 is 17.4 Å². The van der Waals surface area contributed by atoms with E-state index in [9.17, 15) is 9.59 Å². The second-order valence-electron chi connectivity index (χ2n) is 8.58. The third-order valence-electron chi connectivity index (χ3n) is 5.91. The summed E-state index contributed by atoms with van der Waals surface area (Å²) < 4.78 is 7.09. The van der Waals surface area contributed by atoms with E-state index in [4.69, 9.17) is 4.74 Å². The van der Waals surface area contributed by atoms with Gasteiger partial charge in [0.1, 0.15) is 5.78 Å². The zero-order chi connectivity index (χ0) is 24.5. The van der Waals surface area contributed by atoms with Crippen LogP contribution in [0.4, 0.5) is 5.69 Å². The molecule has 3 aromatic rings. The average Bonchev–Trinajstić information content (AvgIpc) is 3.37. The SMILES string of the molecule is CNC(=O)c1cn(CCCCc2ccc(CC(=O)Cc3cccc(N4CCOCC4)c3)nn2)nn1. The highest BCUT2D eigenvalue weighted by molar-refractivity contribution is 5.91. The van der Waals surface area contributed by atoms with E-state index in [0.29, 0.717) is 24.4 Å². The number of Topliss-reactive ketones (excluding diaryl/α,β-unsaturated/α-hetero) is 1. The number of hydrogen-bond acceptors (Lipinski definition) is 8. The molecule has 10 heteroatoms. The van der Waals surface area contributed by atoms with Crippen LogP contribution in [0.3, 0.4) is 0 Å². The minimum atomic E-state index is -0.244. The predicted molar refractivity (Wildman–Crippen MR) is 130 cm³/mol. The topological polar surface area (TPSA) is 115 Å². The molecule has 2 aromatic heterocycles. The third-order valence-corrected chi connectivity index (χ3v) is 5.91. The van der Waals surface area contributed by atoms with Gasteiger partial charge in [0.15, 0.2) is 5.69 Å². The van der Waals surface area contributed by atoms with Crippen molar-refractivity contribution in [3.8, 4) is 0 Å². The first-order chi connectivity index (χ1) is 17.1. The van der Waals surface area contributed by atoms with Gasteiger partial charge in [-0.05, 0) is 49.1 Å². The molecule has 1 aliphatic rings. The monoisotopic (exact) mass is 477 g/mol. The first-order valence-corrected chi connectivity index (χ1v) is 12.0. The van der Waals surface area contributed by atoms with Crippen LogP contribution in [0, 0.1) is 0 Å². The number of nitrogens with zero attached hydrogens (tertiary/aromatic N) is 6. The summed E-state index contributed by atoms with van der Waals surface area (Å²) in [5.74, 6) is -0.123. The van der Waals surface area contributed by atoms with E-state index in [1.165, 1.54) is 0 Å². The molecule has 10 nitrogen and oxygen atoms in total. The normalized spacial score (nSPS) is 13.6. The van der Waals surface area contributed by atoms with Gasteiger partial charge < -0.3 is 15.0 Å². The number of hydrogen-bond donors (Lipinski definition) is 1. The van der Waals surface area contributed by atoms with Gasteiger partial charge in [-0.1, -0.05) is 17.3 Å². The van der Waals surface area contributed by atoms with E-state index < -0.39 is 0 Å². The van der Waals surface area contributed by atoms with Crippen LogP contribution in [0.15, 0.2) is 42.6 Å². The number of anilines is 1. The first-order valence-electron chi connectivity index (χ1n) is 12.0. The second-order valence-corrected chi connectivity index (χ2v) is 8.58. The third kappa shape index (κ3) is 7.16. The van der Waals surface area contributed by atoms with Gasteiger partial charge in [0.05, 0.1) is 37.2 Å². The molecule has 0 saturated carbocycles. The summed E-state index contributed by atoms with van der Waals surface area (Å²) >= 11 is 0. The van der Waals surface area contributed by atoms with Gasteiger partial charge in [0.2, 0.25) is 0 Å². The largest absolute Gasteiger partial charge is 0.378 e. The highest BCUT2D eigenvalue weighted by atomic mass is 16.5. The van der Waals surface area contributed by atoms with Crippen molar-refractivity contribution in [2.45, 2.75) is 38.6 Å². The number of unbranched alkanes of at least 4 members (excludes halogenated alkanes) is 1. The number of morpholine rings is 1. The fourth-order valence-corrected chi connectivity index (χ4v) is 4.01. The fraction of sp³-hybridized carbons (Fsp3) is 0.440. The maximum atomic E-state index is 12.6. The van der Waals surface area contributed by atoms with Crippen molar-refractivity contribution in [2.24, 2.45) is 0 Å². The number of ketones is 1. The molecular weight excluding hydrogens is 446 g/mol. The van der Waals surface area contributed by atoms with Gasteiger partial charge in [-0.15, -0.1) is 5.10 Å². The predicted octanol–water partition coefficient (Wildman–Crippen LogP) is 1.64. The Balaban J connectivity index is 1.20. The van der Waals surface area contributed by atoms with Crippen molar-refractivity contribution in [3.05, 3.63) is 65.2 Å². The average molecular weight is 478 g/mol. The summed E-state index contributed by atoms with van der Waals surface area (Å²) in [4.78, 5) is 26.4. The summed E-state index contributed by atoms with van der Waals surface area (Å²) in [6.07, 6.45) is 4.86. The molecule has 1 fully saturated rings. The van der Waals surface area contributed by atoms with Crippen molar-refractivity contribution < 1.29 is 14.3 Å². The number of aromatic nitrogens is 5. The Labute approximate surface area is 204 Å². The molecule has 0 aliphatic carbocycles. The van der Waals surface area contributed by atoms with E-state index in [-0.39, 0.29) is 18.1 Å². The van der Waals surface area contributed by atoms with Gasteiger partial charge in [-0.3, -0.25) is 14.3 Å². The molecule has 0 unspecified atom stereocenters. The van der Waals surface area contributed by atoms with Crippen LogP contribution in [-0.2, 0) is 35.3 Å². The standard InChI is InChI=1S/C25H31N7O3/c1-26-25(34)24-18-32(30-29-24)10-3-2-6-20-8-9-21(28-27-20)17-23(33)16-19-5-4-7-22(15-19)31-11-13-35-14-12-31/h4-5,7-9,15,18H,2-3,6,10-14,16-17H2,1H3,(H,26,34). The van der Waals surface area contributed by atoms with Crippen LogP contribution in [-0.4, -0.2) is 70.2 Å². The lowest BCUT2D eigenvalue weighted by Crippen LogP contribution is -2.36. The van der Waals surface area contributed by atoms with E-state index in [1.807, 2.05) is 24.3 Å². The van der Waals surface area contributed by atoms with Crippen LogP contribution in [0.2, 0.25) is 0 Å². The van der Waals surface area contributed by atoms with E-state index in [0.717, 1.165) is 62.5 Å². The first kappa shape index (κ1) is 24.5. The molecule has 4 rings (SSSR count). The number of nitrogens with one attached hydrogen (secondary N) is 1. The summed E-state index contributed by atoms with van der Waals surface area (Å²) in [5, 5.41) is 18.9. The Morgan fingerprint density at radius 3 is 2.57 bits per heavy atom. The number of carbonyl (C=O) groups excluding carboxylic acids is 2. The summed E-state index contributed by atoms with van der Waals surface area (Å²) in [5.41, 5.74) is 4.04. The fourth-order valence-electron chi connectivity index (χ4n) is 4.01. The highest BCUT2D eigenvalue weighted by Crippen LogP contribution is 2.18. The summed E-state index contributed by atoms with van der Waals surface area (Å²) in [6.45, 7) is 3.90. The number of benzene rings is 1. The molecule has 1 N–H and O–H groups in total. The summed E-state index contributed by atoms with van der Waals surface area (Å²) in [6, 6.07) is 12.0. The molecule has 3 heterocycles. The number of carbonyl (C=O) groups is 2. The van der Waals surface area contributed by atoms with Crippen molar-refractivity contribution in [2.75, 3.05) is 38.3 Å². The van der Waals surface area contributed by atoms with Crippen LogP contribution < -0.4 is 10.2 Å². The quantitative estimate of drug-likeness (QED) is 0.415. The number of amides is 1. The lowest BCUT2D eigenvalue weighted by molar-refractivity contribution is -0.117. The molecule has 1 amide bonds. The zero-order valence-electron chi connectivity index (χ0n) is 20.0. The molecule has 35 heavy (non-hydrogen) atoms.